The van der Waals surface area contributed by atoms with Crippen LogP contribution in [0.3, 0.4) is 0 Å². The molecule has 0 spiro atoms. The molecule has 0 fully saturated rings. The Morgan fingerprint density at radius 3 is 2.42 bits per heavy atom. The number of aryl methyl sites for hydroxylation is 1. The molecule has 1 aromatic heterocycles. The Labute approximate surface area is 205 Å². The number of phenolic OH excluding ortho intramolecular Hbond substituents is 2. The van der Waals surface area contributed by atoms with Crippen LogP contribution >= 0.6 is 0 Å². The molecule has 2 aromatic rings. The minimum absolute atomic E-state index is 0.00298. The first-order chi connectivity index (χ1) is 16.9. The molecule has 4 rings (SSSR count). The number of allylic oxidation sites excluding steroid dienone is 4. The number of ketones is 3. The van der Waals surface area contributed by atoms with Crippen molar-refractivity contribution < 1.29 is 38.7 Å². The number of nitrogens with one attached hydrogen (secondary N) is 2. The van der Waals surface area contributed by atoms with Gasteiger partial charge < -0.3 is 30.1 Å². The fraction of sp³-hybridized carbons (Fsp3) is 0.333. The van der Waals surface area contributed by atoms with Crippen molar-refractivity contribution in [2.75, 3.05) is 6.54 Å². The van der Waals surface area contributed by atoms with Crippen LogP contribution in [0.2, 0.25) is 0 Å². The average Bonchev–Trinajstić information content (AvgIpc) is 3.35. The number of ether oxygens (including phenoxy) is 1. The molecule has 1 aromatic carbocycles. The molecular formula is C24H24N4O8. The lowest BCUT2D eigenvalue weighted by Gasteiger charge is -2.29. The van der Waals surface area contributed by atoms with Gasteiger partial charge in [-0.05, 0) is 34.6 Å². The lowest BCUT2D eigenvalue weighted by molar-refractivity contribution is -0.124. The molecular weight excluding hydrogens is 472 g/mol. The number of hydrogen-bond donors (Lipinski definition) is 4. The van der Waals surface area contributed by atoms with Crippen molar-refractivity contribution >= 4 is 23.3 Å². The average molecular weight is 496 g/mol. The van der Waals surface area contributed by atoms with Crippen LogP contribution in [0.4, 0.5) is 0 Å². The first-order valence-electron chi connectivity index (χ1n) is 11.0. The van der Waals surface area contributed by atoms with Crippen molar-refractivity contribution in [2.45, 2.75) is 46.6 Å². The van der Waals surface area contributed by atoms with Crippen molar-refractivity contribution in [1.82, 2.24) is 20.8 Å². The summed E-state index contributed by atoms with van der Waals surface area (Å²) < 4.78 is 10.6. The van der Waals surface area contributed by atoms with Crippen LogP contribution in [0, 0.1) is 13.8 Å². The second-order valence-corrected chi connectivity index (χ2v) is 8.75. The minimum atomic E-state index is -1.63. The van der Waals surface area contributed by atoms with Gasteiger partial charge in [-0.3, -0.25) is 19.2 Å². The van der Waals surface area contributed by atoms with E-state index in [1.54, 1.807) is 6.92 Å². The molecule has 1 aliphatic heterocycles. The quantitative estimate of drug-likeness (QED) is 0.256. The van der Waals surface area contributed by atoms with E-state index in [0.717, 1.165) is 6.08 Å². The summed E-state index contributed by atoms with van der Waals surface area (Å²) in [5.41, 5.74) is -1.92. The molecule has 12 nitrogen and oxygen atoms in total. The zero-order chi connectivity index (χ0) is 26.5. The van der Waals surface area contributed by atoms with Gasteiger partial charge in [-0.25, -0.2) is 0 Å². The highest BCUT2D eigenvalue weighted by Gasteiger charge is 2.56. The molecule has 0 saturated carbocycles. The summed E-state index contributed by atoms with van der Waals surface area (Å²) in [7, 11) is 0. The molecule has 0 radical (unpaired) electrons. The summed E-state index contributed by atoms with van der Waals surface area (Å²) in [5, 5.41) is 30.2. The number of rotatable bonds is 6. The zero-order valence-corrected chi connectivity index (χ0v) is 20.2. The SMILES string of the molecule is CC(=O)c1c(O)c(C)c(O)c2c1OC1=CC(=O)/C(=C(/C)NCC(=O)NCc3nc(C)no3)C(=O)[C@]12C. The Morgan fingerprint density at radius 2 is 1.81 bits per heavy atom. The first kappa shape index (κ1) is 24.6. The number of phenols is 2. The van der Waals surface area contributed by atoms with Gasteiger partial charge in [0.1, 0.15) is 34.0 Å². The van der Waals surface area contributed by atoms with Gasteiger partial charge in [0.2, 0.25) is 11.8 Å². The van der Waals surface area contributed by atoms with E-state index in [1.165, 1.54) is 27.7 Å². The summed E-state index contributed by atoms with van der Waals surface area (Å²) >= 11 is 0. The third-order valence-corrected chi connectivity index (χ3v) is 6.28. The fourth-order valence-corrected chi connectivity index (χ4v) is 4.31. The second-order valence-electron chi connectivity index (χ2n) is 8.75. The predicted molar refractivity (Wildman–Crippen MR) is 122 cm³/mol. The highest BCUT2D eigenvalue weighted by Crippen LogP contribution is 2.57. The summed E-state index contributed by atoms with van der Waals surface area (Å²) in [6.07, 6.45) is 1.11. The maximum absolute atomic E-state index is 13.7. The van der Waals surface area contributed by atoms with E-state index in [4.69, 9.17) is 9.26 Å². The number of aromatic nitrogens is 2. The van der Waals surface area contributed by atoms with Gasteiger partial charge in [-0.1, -0.05) is 5.16 Å². The first-order valence-corrected chi connectivity index (χ1v) is 11.0. The number of nitrogens with zero attached hydrogens (tertiary/aromatic N) is 2. The van der Waals surface area contributed by atoms with Gasteiger partial charge in [0.05, 0.1) is 24.2 Å². The topological polar surface area (TPSA) is 181 Å². The number of aromatic hydroxyl groups is 2. The molecule has 0 saturated heterocycles. The van der Waals surface area contributed by atoms with Gasteiger partial charge in [0, 0.05) is 17.3 Å². The Morgan fingerprint density at radius 1 is 1.11 bits per heavy atom. The van der Waals surface area contributed by atoms with E-state index in [2.05, 4.69) is 20.8 Å². The van der Waals surface area contributed by atoms with Gasteiger partial charge in [-0.15, -0.1) is 0 Å². The Kier molecular flexibility index (Phi) is 5.91. The molecule has 0 unspecified atom stereocenters. The van der Waals surface area contributed by atoms with Gasteiger partial charge >= 0.3 is 0 Å². The molecule has 1 atom stereocenters. The number of carbonyl (C=O) groups excluding carboxylic acids is 4. The summed E-state index contributed by atoms with van der Waals surface area (Å²) in [6.45, 7) is 6.95. The van der Waals surface area contributed by atoms with Crippen LogP contribution in [0.15, 0.2) is 27.6 Å². The normalized spacial score (nSPS) is 19.8. The van der Waals surface area contributed by atoms with Crippen molar-refractivity contribution in [2.24, 2.45) is 0 Å². The van der Waals surface area contributed by atoms with Crippen LogP contribution in [-0.4, -0.2) is 50.2 Å². The van der Waals surface area contributed by atoms with Crippen molar-refractivity contribution in [3.8, 4) is 17.2 Å². The highest BCUT2D eigenvalue weighted by atomic mass is 16.5. The Balaban J connectivity index is 1.64. The minimum Gasteiger partial charge on any atom is -0.507 e. The predicted octanol–water partition coefficient (Wildman–Crippen LogP) is 1.17. The zero-order valence-electron chi connectivity index (χ0n) is 20.2. The van der Waals surface area contributed by atoms with Gasteiger partial charge in [-0.2, -0.15) is 4.98 Å². The molecule has 12 heteroatoms. The lowest BCUT2D eigenvalue weighted by atomic mass is 9.70. The standard InChI is InChI=1S/C24H24N4O8/c1-9-20(32)18(11(3)29)22-19(21(9)33)24(5)14(35-22)6-13(30)17(23(24)34)10(2)25-7-15(31)26-8-16-27-12(4)28-36-16/h6,25,32-33H,7-8H2,1-5H3,(H,26,31)/b17-10+/t24-/m1/s1. The second kappa shape index (κ2) is 8.63. The number of benzene rings is 1. The van der Waals surface area contributed by atoms with Crippen molar-refractivity contribution in [3.63, 3.8) is 0 Å². The summed E-state index contributed by atoms with van der Waals surface area (Å²) in [4.78, 5) is 55.0. The Bertz CT molecular complexity index is 1420. The Hall–Kier alpha value is -4.48. The van der Waals surface area contributed by atoms with Crippen LogP contribution in [-0.2, 0) is 26.3 Å². The van der Waals surface area contributed by atoms with E-state index in [0.29, 0.717) is 5.82 Å². The number of hydrogen-bond acceptors (Lipinski definition) is 11. The number of fused-ring (bicyclic) bond motifs is 3. The number of amides is 1. The van der Waals surface area contributed by atoms with E-state index in [1.807, 2.05) is 0 Å². The van der Waals surface area contributed by atoms with Crippen molar-refractivity contribution in [3.05, 3.63) is 51.5 Å². The molecule has 188 valence electrons. The lowest BCUT2D eigenvalue weighted by Crippen LogP contribution is -2.42. The third-order valence-electron chi connectivity index (χ3n) is 6.28. The van der Waals surface area contributed by atoms with Crippen LogP contribution in [0.1, 0.15) is 54.0 Å². The smallest absolute Gasteiger partial charge is 0.246 e. The molecule has 1 amide bonds. The molecule has 1 aliphatic carbocycles. The third kappa shape index (κ3) is 3.70. The van der Waals surface area contributed by atoms with E-state index < -0.39 is 40.2 Å². The van der Waals surface area contributed by atoms with Gasteiger partial charge in [0.25, 0.3) is 0 Å². The monoisotopic (exact) mass is 496 g/mol. The molecule has 2 aliphatic rings. The summed E-state index contributed by atoms with van der Waals surface area (Å²) in [5.74, 6) is -2.81. The maximum atomic E-state index is 13.7. The van der Waals surface area contributed by atoms with E-state index in [-0.39, 0.29) is 58.4 Å². The fourth-order valence-electron chi connectivity index (χ4n) is 4.31. The molecule has 2 heterocycles. The number of carbonyl (C=O) groups is 4. The van der Waals surface area contributed by atoms with Crippen LogP contribution in [0.5, 0.6) is 17.2 Å². The van der Waals surface area contributed by atoms with Gasteiger partial charge in [0.15, 0.2) is 23.2 Å². The molecule has 36 heavy (non-hydrogen) atoms. The van der Waals surface area contributed by atoms with Crippen LogP contribution < -0.4 is 15.4 Å². The van der Waals surface area contributed by atoms with Crippen molar-refractivity contribution in [1.29, 1.82) is 0 Å². The van der Waals surface area contributed by atoms with E-state index in [9.17, 15) is 29.4 Å². The maximum Gasteiger partial charge on any atom is 0.246 e. The molecule has 4 N–H and O–H groups in total. The molecule has 0 bridgehead atoms. The largest absolute Gasteiger partial charge is 0.507 e. The van der Waals surface area contributed by atoms with Crippen LogP contribution in [0.25, 0.3) is 0 Å². The summed E-state index contributed by atoms with van der Waals surface area (Å²) in [6, 6.07) is 0. The highest BCUT2D eigenvalue weighted by molar-refractivity contribution is 6.31. The van der Waals surface area contributed by atoms with E-state index >= 15 is 0 Å². The number of Topliss-reactive ketones (excluding diaryl/α,β-unsaturated/α-hetero) is 2.